The van der Waals surface area contributed by atoms with Crippen molar-refractivity contribution in [2.24, 2.45) is 5.10 Å². The van der Waals surface area contributed by atoms with Gasteiger partial charge in [-0.1, -0.05) is 77.8 Å². The summed E-state index contributed by atoms with van der Waals surface area (Å²) in [5.74, 6) is 0.253. The number of hydrogen-bond acceptors (Lipinski definition) is 3. The number of amides is 1. The molecule has 27 heavy (non-hydrogen) atoms. The van der Waals surface area contributed by atoms with Crippen molar-refractivity contribution in [1.82, 2.24) is 5.43 Å². The first-order valence-corrected chi connectivity index (χ1v) is 8.93. The van der Waals surface area contributed by atoms with Crippen LogP contribution in [0.15, 0.2) is 77.9 Å². The predicted octanol–water partition coefficient (Wildman–Crippen LogP) is 5.19. The second-order valence-electron chi connectivity index (χ2n) is 5.61. The van der Waals surface area contributed by atoms with E-state index in [1.54, 1.807) is 18.2 Å². The fourth-order valence-electron chi connectivity index (χ4n) is 2.40. The van der Waals surface area contributed by atoms with Gasteiger partial charge in [0.15, 0.2) is 6.61 Å². The van der Waals surface area contributed by atoms with Crippen LogP contribution in [0, 0.1) is 0 Å². The zero-order valence-electron chi connectivity index (χ0n) is 14.2. The fraction of sp³-hybridized carbons (Fsp3) is 0.0476. The number of hydrazone groups is 1. The van der Waals surface area contributed by atoms with Crippen molar-refractivity contribution in [3.63, 3.8) is 0 Å². The van der Waals surface area contributed by atoms with Crippen LogP contribution >= 0.6 is 23.2 Å². The highest BCUT2D eigenvalue weighted by Crippen LogP contribution is 2.29. The van der Waals surface area contributed by atoms with Gasteiger partial charge in [-0.3, -0.25) is 4.79 Å². The van der Waals surface area contributed by atoms with E-state index in [0.717, 1.165) is 11.1 Å². The molecule has 3 rings (SSSR count). The molecule has 0 fully saturated rings. The lowest BCUT2D eigenvalue weighted by atomic mass is 10.1. The molecule has 0 bridgehead atoms. The van der Waals surface area contributed by atoms with E-state index in [4.69, 9.17) is 27.9 Å². The maximum Gasteiger partial charge on any atom is 0.277 e. The maximum atomic E-state index is 12.0. The molecule has 1 amide bonds. The van der Waals surface area contributed by atoms with E-state index < -0.39 is 0 Å². The minimum atomic E-state index is -0.376. The first kappa shape index (κ1) is 19.0. The van der Waals surface area contributed by atoms with Crippen molar-refractivity contribution in [1.29, 1.82) is 0 Å². The van der Waals surface area contributed by atoms with Gasteiger partial charge >= 0.3 is 0 Å². The summed E-state index contributed by atoms with van der Waals surface area (Å²) in [6.07, 6.45) is 1.45. The summed E-state index contributed by atoms with van der Waals surface area (Å²) in [7, 11) is 0. The number of ether oxygens (including phenoxy) is 1. The molecule has 0 aliphatic heterocycles. The highest BCUT2D eigenvalue weighted by atomic mass is 35.5. The van der Waals surface area contributed by atoms with E-state index in [0.29, 0.717) is 21.4 Å². The second kappa shape index (κ2) is 9.21. The van der Waals surface area contributed by atoms with Gasteiger partial charge in [-0.15, -0.1) is 0 Å². The number of hydrogen-bond donors (Lipinski definition) is 1. The largest absolute Gasteiger partial charge is 0.483 e. The Morgan fingerprint density at radius 3 is 2.52 bits per heavy atom. The monoisotopic (exact) mass is 398 g/mol. The van der Waals surface area contributed by atoms with Gasteiger partial charge < -0.3 is 4.74 Å². The molecule has 4 nitrogen and oxygen atoms in total. The average Bonchev–Trinajstić information content (AvgIpc) is 2.69. The quantitative estimate of drug-likeness (QED) is 0.458. The molecule has 0 heterocycles. The van der Waals surface area contributed by atoms with E-state index >= 15 is 0 Å². The van der Waals surface area contributed by atoms with Gasteiger partial charge in [0.2, 0.25) is 0 Å². The van der Waals surface area contributed by atoms with Crippen molar-refractivity contribution in [2.45, 2.75) is 0 Å². The van der Waals surface area contributed by atoms with Crippen LogP contribution in [0.25, 0.3) is 11.1 Å². The fourth-order valence-corrected chi connectivity index (χ4v) is 2.86. The van der Waals surface area contributed by atoms with Crippen molar-refractivity contribution >= 4 is 35.3 Å². The molecule has 0 aromatic heterocycles. The van der Waals surface area contributed by atoms with Gasteiger partial charge in [-0.2, -0.15) is 5.10 Å². The van der Waals surface area contributed by atoms with Crippen LogP contribution in [0.2, 0.25) is 10.0 Å². The Balaban J connectivity index is 1.59. The lowest BCUT2D eigenvalue weighted by molar-refractivity contribution is -0.123. The Labute approximate surface area is 167 Å². The van der Waals surface area contributed by atoms with Crippen LogP contribution in [0.3, 0.4) is 0 Å². The molecule has 6 heteroatoms. The molecule has 1 N–H and O–H groups in total. The molecule has 3 aromatic carbocycles. The number of nitrogens with one attached hydrogen (secondary N) is 1. The first-order chi connectivity index (χ1) is 13.1. The predicted molar refractivity (Wildman–Crippen MR) is 110 cm³/mol. The lowest BCUT2D eigenvalue weighted by Gasteiger charge is -2.10. The molecule has 3 aromatic rings. The molecule has 0 saturated carbocycles. The van der Waals surface area contributed by atoms with Crippen molar-refractivity contribution in [3.8, 4) is 16.9 Å². The molecule has 0 aliphatic rings. The number of carbonyl (C=O) groups is 1. The van der Waals surface area contributed by atoms with E-state index in [9.17, 15) is 4.79 Å². The normalized spacial score (nSPS) is 10.7. The minimum Gasteiger partial charge on any atom is -0.483 e. The van der Waals surface area contributed by atoms with Crippen molar-refractivity contribution < 1.29 is 9.53 Å². The van der Waals surface area contributed by atoms with E-state index in [2.05, 4.69) is 10.5 Å². The summed E-state index contributed by atoms with van der Waals surface area (Å²) in [6, 6.07) is 22.4. The van der Waals surface area contributed by atoms with Gasteiger partial charge in [-0.05, 0) is 23.8 Å². The number of benzene rings is 3. The number of nitrogens with zero attached hydrogens (tertiary/aromatic N) is 1. The highest BCUT2D eigenvalue weighted by Gasteiger charge is 2.08. The molecule has 0 unspecified atom stereocenters. The van der Waals surface area contributed by atoms with Crippen LogP contribution in [0.5, 0.6) is 5.75 Å². The molecular weight excluding hydrogens is 383 g/mol. The Hall–Kier alpha value is -2.82. The molecule has 0 radical (unpaired) electrons. The van der Waals surface area contributed by atoms with Crippen molar-refractivity contribution in [3.05, 3.63) is 88.4 Å². The Morgan fingerprint density at radius 2 is 1.74 bits per heavy atom. The van der Waals surface area contributed by atoms with E-state index in [-0.39, 0.29) is 12.5 Å². The number of carbonyl (C=O) groups excluding carboxylic acids is 1. The number of rotatable bonds is 6. The lowest BCUT2D eigenvalue weighted by Crippen LogP contribution is -2.24. The van der Waals surface area contributed by atoms with Gasteiger partial charge in [0, 0.05) is 16.1 Å². The van der Waals surface area contributed by atoms with Crippen LogP contribution in [0.1, 0.15) is 5.56 Å². The number of halogens is 2. The summed E-state index contributed by atoms with van der Waals surface area (Å²) < 4.78 is 5.67. The molecular formula is C21H16Cl2N2O2. The minimum absolute atomic E-state index is 0.157. The molecule has 0 atom stereocenters. The Kier molecular flexibility index (Phi) is 6.47. The summed E-state index contributed by atoms with van der Waals surface area (Å²) in [5.41, 5.74) is 5.00. The van der Waals surface area contributed by atoms with Gasteiger partial charge in [-0.25, -0.2) is 5.43 Å². The van der Waals surface area contributed by atoms with Gasteiger partial charge in [0.05, 0.1) is 11.2 Å². The smallest absolute Gasteiger partial charge is 0.277 e. The summed E-state index contributed by atoms with van der Waals surface area (Å²) in [4.78, 5) is 12.0. The highest BCUT2D eigenvalue weighted by molar-refractivity contribution is 6.36. The van der Waals surface area contributed by atoms with Gasteiger partial charge in [0.1, 0.15) is 5.75 Å². The third-order valence-electron chi connectivity index (χ3n) is 3.69. The van der Waals surface area contributed by atoms with Crippen LogP contribution in [0.4, 0.5) is 0 Å². The van der Waals surface area contributed by atoms with Crippen LogP contribution in [-0.4, -0.2) is 18.7 Å². The summed E-state index contributed by atoms with van der Waals surface area (Å²) in [6.45, 7) is -0.157. The second-order valence-corrected chi connectivity index (χ2v) is 6.45. The molecule has 0 spiro atoms. The molecule has 0 aliphatic carbocycles. The third kappa shape index (κ3) is 5.33. The Morgan fingerprint density at radius 1 is 1.00 bits per heavy atom. The van der Waals surface area contributed by atoms with Crippen LogP contribution < -0.4 is 10.2 Å². The summed E-state index contributed by atoms with van der Waals surface area (Å²) in [5, 5.41) is 4.88. The zero-order valence-corrected chi connectivity index (χ0v) is 15.7. The standard InChI is InChI=1S/C21H16Cl2N2O2/c22-17-11-10-16(19(23)12-17)13-24-25-21(26)14-27-20-9-5-4-8-18(20)15-6-2-1-3-7-15/h1-13H,14H2,(H,25,26)/b24-13+. The average molecular weight is 399 g/mol. The molecule has 0 saturated heterocycles. The summed E-state index contributed by atoms with van der Waals surface area (Å²) >= 11 is 11.9. The number of para-hydroxylation sites is 1. The molecule has 136 valence electrons. The first-order valence-electron chi connectivity index (χ1n) is 8.17. The van der Waals surface area contributed by atoms with Crippen molar-refractivity contribution in [2.75, 3.05) is 6.61 Å². The van der Waals surface area contributed by atoms with Gasteiger partial charge in [0.25, 0.3) is 5.91 Å². The maximum absolute atomic E-state index is 12.0. The third-order valence-corrected chi connectivity index (χ3v) is 4.25. The van der Waals surface area contributed by atoms with E-state index in [1.165, 1.54) is 6.21 Å². The Bertz CT molecular complexity index is 959. The zero-order chi connectivity index (χ0) is 19.1. The topological polar surface area (TPSA) is 50.7 Å². The van der Waals surface area contributed by atoms with E-state index in [1.807, 2.05) is 54.6 Å². The van der Waals surface area contributed by atoms with Crippen LogP contribution in [-0.2, 0) is 4.79 Å². The SMILES string of the molecule is O=C(COc1ccccc1-c1ccccc1)N/N=C/c1ccc(Cl)cc1Cl.